The average Bonchev–Trinajstić information content (AvgIpc) is 3.21. The molecule has 0 fully saturated rings. The Morgan fingerprint density at radius 3 is 2.17 bits per heavy atom. The number of amides is 2. The minimum Gasteiger partial charge on any atom is -0.456 e. The van der Waals surface area contributed by atoms with Gasteiger partial charge in [0.1, 0.15) is 18.9 Å². The molecule has 3 rings (SSSR count). The van der Waals surface area contributed by atoms with Gasteiger partial charge in [0, 0.05) is 14.1 Å². The van der Waals surface area contributed by atoms with Gasteiger partial charge < -0.3 is 9.15 Å². The molecule has 9 nitrogen and oxygen atoms in total. The van der Waals surface area contributed by atoms with E-state index >= 15 is 0 Å². The first kappa shape index (κ1) is 21.3. The summed E-state index contributed by atoms with van der Waals surface area (Å²) < 4.78 is 35.1. The lowest BCUT2D eigenvalue weighted by atomic mass is 10.1. The van der Waals surface area contributed by atoms with Gasteiger partial charge in [-0.1, -0.05) is 23.2 Å². The maximum Gasteiger partial charge on any atom is 0.326 e. The topological polar surface area (TPSA) is 114 Å². The molecule has 0 radical (unpaired) electrons. The number of sulfonamides is 1. The molecular formula is C17H14Cl2N2O7S. The molecule has 0 bridgehead atoms. The van der Waals surface area contributed by atoms with Crippen molar-refractivity contribution in [2.24, 2.45) is 0 Å². The molecule has 12 heteroatoms. The molecule has 0 N–H and O–H groups in total. The zero-order chi connectivity index (χ0) is 21.5. The summed E-state index contributed by atoms with van der Waals surface area (Å²) in [4.78, 5) is 37.5. The summed E-state index contributed by atoms with van der Waals surface area (Å²) in [6, 6.07) is 5.10. The second kappa shape index (κ2) is 7.79. The van der Waals surface area contributed by atoms with Gasteiger partial charge >= 0.3 is 5.97 Å². The van der Waals surface area contributed by atoms with Gasteiger partial charge in [-0.25, -0.2) is 12.7 Å². The summed E-state index contributed by atoms with van der Waals surface area (Å²) in [7, 11) is -1.06. The van der Waals surface area contributed by atoms with E-state index in [0.717, 1.165) is 4.31 Å². The number of fused-ring (bicyclic) bond motifs is 1. The van der Waals surface area contributed by atoms with Crippen molar-refractivity contribution in [1.82, 2.24) is 9.21 Å². The van der Waals surface area contributed by atoms with Crippen molar-refractivity contribution in [3.63, 3.8) is 0 Å². The van der Waals surface area contributed by atoms with E-state index in [1.165, 1.54) is 38.4 Å². The van der Waals surface area contributed by atoms with E-state index in [0.29, 0.717) is 4.90 Å². The molecule has 2 heterocycles. The highest BCUT2D eigenvalue weighted by molar-refractivity contribution is 7.88. The molecule has 1 aliphatic heterocycles. The third-order valence-corrected chi connectivity index (χ3v) is 6.46. The van der Waals surface area contributed by atoms with E-state index in [4.69, 9.17) is 32.4 Å². The Bertz CT molecular complexity index is 1080. The van der Waals surface area contributed by atoms with Gasteiger partial charge in [-0.3, -0.25) is 19.3 Å². The van der Waals surface area contributed by atoms with Crippen LogP contribution in [0.3, 0.4) is 0 Å². The maximum absolute atomic E-state index is 12.4. The van der Waals surface area contributed by atoms with Crippen molar-refractivity contribution in [1.29, 1.82) is 0 Å². The van der Waals surface area contributed by atoms with Crippen LogP contribution in [0.4, 0.5) is 0 Å². The number of carbonyl (C=O) groups is 3. The summed E-state index contributed by atoms with van der Waals surface area (Å²) in [5, 5.41) is -0.0859. The highest BCUT2D eigenvalue weighted by Crippen LogP contribution is 2.31. The Balaban J connectivity index is 1.64. The largest absolute Gasteiger partial charge is 0.456 e. The van der Waals surface area contributed by atoms with Crippen LogP contribution in [0.1, 0.15) is 26.5 Å². The monoisotopic (exact) mass is 460 g/mol. The number of hydrogen-bond acceptors (Lipinski definition) is 7. The smallest absolute Gasteiger partial charge is 0.326 e. The predicted molar refractivity (Wildman–Crippen MR) is 101 cm³/mol. The van der Waals surface area contributed by atoms with Gasteiger partial charge in [-0.15, -0.1) is 0 Å². The Labute approximate surface area is 175 Å². The summed E-state index contributed by atoms with van der Waals surface area (Å²) in [6.07, 6.45) is 0. The Kier molecular flexibility index (Phi) is 5.72. The van der Waals surface area contributed by atoms with E-state index in [2.05, 4.69) is 0 Å². The normalized spacial score (nSPS) is 13.9. The SMILES string of the molecule is CN(C)S(=O)(=O)c1ccc(COC(=O)CN2C(=O)c3cc(Cl)c(Cl)cc3C2=O)o1. The van der Waals surface area contributed by atoms with Gasteiger partial charge in [0.25, 0.3) is 21.8 Å². The summed E-state index contributed by atoms with van der Waals surface area (Å²) in [5.74, 6) is -2.19. The quantitative estimate of drug-likeness (QED) is 0.479. The van der Waals surface area contributed by atoms with Crippen molar-refractivity contribution in [2.75, 3.05) is 20.6 Å². The highest BCUT2D eigenvalue weighted by Gasteiger charge is 2.37. The molecule has 0 saturated heterocycles. The Morgan fingerprint density at radius 2 is 1.66 bits per heavy atom. The summed E-state index contributed by atoms with van der Waals surface area (Å²) in [6.45, 7) is -1.01. The van der Waals surface area contributed by atoms with Crippen LogP contribution < -0.4 is 0 Å². The van der Waals surface area contributed by atoms with Crippen molar-refractivity contribution >= 4 is 51.0 Å². The zero-order valence-electron chi connectivity index (χ0n) is 15.1. The van der Waals surface area contributed by atoms with E-state index in [-0.39, 0.29) is 38.6 Å². The van der Waals surface area contributed by atoms with Crippen molar-refractivity contribution < 1.29 is 32.0 Å². The van der Waals surface area contributed by atoms with E-state index in [1.54, 1.807) is 0 Å². The Hall–Kier alpha value is -2.40. The van der Waals surface area contributed by atoms with E-state index in [9.17, 15) is 22.8 Å². The zero-order valence-corrected chi connectivity index (χ0v) is 17.5. The fraction of sp³-hybridized carbons (Fsp3) is 0.235. The fourth-order valence-corrected chi connectivity index (χ4v) is 3.65. The molecule has 2 amide bonds. The molecule has 1 aromatic heterocycles. The van der Waals surface area contributed by atoms with Crippen LogP contribution >= 0.6 is 23.2 Å². The average molecular weight is 461 g/mol. The van der Waals surface area contributed by atoms with Crippen LogP contribution in [0.25, 0.3) is 0 Å². The van der Waals surface area contributed by atoms with E-state index < -0.39 is 34.4 Å². The second-order valence-corrected chi connectivity index (χ2v) is 9.07. The molecule has 2 aromatic rings. The van der Waals surface area contributed by atoms with Crippen LogP contribution in [0, 0.1) is 0 Å². The predicted octanol–water partition coefficient (Wildman–Crippen LogP) is 2.18. The number of esters is 1. The number of imide groups is 1. The molecular weight excluding hydrogens is 447 g/mol. The third-order valence-electron chi connectivity index (χ3n) is 4.05. The highest BCUT2D eigenvalue weighted by atomic mass is 35.5. The molecule has 1 aliphatic rings. The number of benzene rings is 1. The van der Waals surface area contributed by atoms with Gasteiger partial charge in [0.05, 0.1) is 21.2 Å². The van der Waals surface area contributed by atoms with Gasteiger partial charge in [0.15, 0.2) is 0 Å². The summed E-state index contributed by atoms with van der Waals surface area (Å²) in [5.41, 5.74) is 0.0866. The van der Waals surface area contributed by atoms with Gasteiger partial charge in [-0.05, 0) is 24.3 Å². The number of nitrogens with zero attached hydrogens (tertiary/aromatic N) is 2. The third kappa shape index (κ3) is 4.01. The first-order valence-electron chi connectivity index (χ1n) is 8.04. The van der Waals surface area contributed by atoms with Crippen LogP contribution in [0.15, 0.2) is 33.8 Å². The van der Waals surface area contributed by atoms with E-state index in [1.807, 2.05) is 0 Å². The standard InChI is InChI=1S/C17H14Cl2N2O7S/c1-20(2)29(25,26)15-4-3-9(28-15)8-27-14(22)7-21-16(23)10-5-12(18)13(19)6-11(10)17(21)24/h3-6H,7-8H2,1-2H3. The van der Waals surface area contributed by atoms with Crippen LogP contribution in [-0.4, -0.2) is 56.0 Å². The lowest BCUT2D eigenvalue weighted by Gasteiger charge is -2.12. The number of hydrogen-bond donors (Lipinski definition) is 0. The van der Waals surface area contributed by atoms with Crippen LogP contribution in [0.5, 0.6) is 0 Å². The minimum atomic E-state index is -3.76. The number of furan rings is 1. The molecule has 0 atom stereocenters. The first-order valence-corrected chi connectivity index (χ1v) is 10.2. The first-order chi connectivity index (χ1) is 13.5. The van der Waals surface area contributed by atoms with Crippen molar-refractivity contribution in [3.05, 3.63) is 51.2 Å². The molecule has 154 valence electrons. The molecule has 1 aromatic carbocycles. The number of halogens is 2. The fourth-order valence-electron chi connectivity index (χ4n) is 2.51. The van der Waals surface area contributed by atoms with Crippen molar-refractivity contribution in [3.8, 4) is 0 Å². The van der Waals surface area contributed by atoms with Gasteiger partial charge in [0.2, 0.25) is 5.09 Å². The number of rotatable bonds is 6. The van der Waals surface area contributed by atoms with Crippen molar-refractivity contribution in [2.45, 2.75) is 11.7 Å². The minimum absolute atomic E-state index is 0.0433. The van der Waals surface area contributed by atoms with Crippen LogP contribution in [0.2, 0.25) is 10.0 Å². The molecule has 0 unspecified atom stereocenters. The second-order valence-electron chi connectivity index (χ2n) is 6.18. The molecule has 0 aliphatic carbocycles. The molecule has 0 saturated carbocycles. The summed E-state index contributed by atoms with van der Waals surface area (Å²) >= 11 is 11.7. The molecule has 0 spiro atoms. The number of ether oxygens (including phenoxy) is 1. The Morgan fingerprint density at radius 1 is 1.10 bits per heavy atom. The molecule has 29 heavy (non-hydrogen) atoms. The number of carbonyl (C=O) groups excluding carboxylic acids is 3. The van der Waals surface area contributed by atoms with Crippen LogP contribution in [-0.2, 0) is 26.2 Å². The lowest BCUT2D eigenvalue weighted by molar-refractivity contribution is -0.145. The lowest BCUT2D eigenvalue weighted by Crippen LogP contribution is -2.35. The maximum atomic E-state index is 12.4. The van der Waals surface area contributed by atoms with Gasteiger partial charge in [-0.2, -0.15) is 0 Å².